The van der Waals surface area contributed by atoms with Crippen molar-refractivity contribution in [2.45, 2.75) is 13.0 Å². The van der Waals surface area contributed by atoms with Gasteiger partial charge in [-0.1, -0.05) is 30.3 Å². The van der Waals surface area contributed by atoms with Crippen LogP contribution in [0.15, 0.2) is 30.3 Å². The predicted octanol–water partition coefficient (Wildman–Crippen LogP) is 2.50. The van der Waals surface area contributed by atoms with Crippen molar-refractivity contribution in [2.75, 3.05) is 38.2 Å². The topological polar surface area (TPSA) is 23.6 Å². The van der Waals surface area contributed by atoms with Crippen LogP contribution in [0.2, 0.25) is 0 Å². The maximum atomic E-state index is 12.0. The first-order valence-electron chi connectivity index (χ1n) is 7.74. The van der Waals surface area contributed by atoms with E-state index in [1.54, 1.807) is 6.92 Å². The minimum atomic E-state index is 0.217. The van der Waals surface area contributed by atoms with Crippen molar-refractivity contribution >= 4 is 17.7 Å². The summed E-state index contributed by atoms with van der Waals surface area (Å²) >= 11 is 1.91. The fourth-order valence-electron chi connectivity index (χ4n) is 3.94. The molecule has 1 amide bonds. The van der Waals surface area contributed by atoms with E-state index in [4.69, 9.17) is 0 Å². The molecule has 0 spiro atoms. The van der Waals surface area contributed by atoms with E-state index in [1.165, 1.54) is 17.9 Å². The van der Waals surface area contributed by atoms with E-state index in [0.717, 1.165) is 19.6 Å². The third-order valence-electron chi connectivity index (χ3n) is 4.90. The lowest BCUT2D eigenvalue weighted by molar-refractivity contribution is -0.130. The van der Waals surface area contributed by atoms with Gasteiger partial charge < -0.3 is 9.80 Å². The lowest BCUT2D eigenvalue weighted by Gasteiger charge is -2.29. The number of nitrogens with zero attached hydrogens (tertiary/aromatic N) is 2. The lowest BCUT2D eigenvalue weighted by atomic mass is 9.89. The Morgan fingerprint density at radius 2 is 2.00 bits per heavy atom. The molecule has 3 nitrogen and oxygen atoms in total. The van der Waals surface area contributed by atoms with E-state index in [1.807, 2.05) is 17.8 Å². The van der Waals surface area contributed by atoms with Crippen molar-refractivity contribution in [1.29, 1.82) is 0 Å². The second-order valence-corrected chi connectivity index (χ2v) is 7.19. The Bertz CT molecular complexity index is 493. The minimum absolute atomic E-state index is 0.217. The first-order chi connectivity index (χ1) is 10.2. The molecule has 0 aliphatic carbocycles. The quantitative estimate of drug-likeness (QED) is 0.854. The smallest absolute Gasteiger partial charge is 0.219 e. The molecule has 2 saturated heterocycles. The summed E-state index contributed by atoms with van der Waals surface area (Å²) in [7, 11) is 0. The molecule has 0 N–H and O–H groups in total. The second-order valence-electron chi connectivity index (χ2n) is 6.20. The van der Waals surface area contributed by atoms with E-state index < -0.39 is 0 Å². The molecule has 0 aromatic heterocycles. The van der Waals surface area contributed by atoms with Crippen LogP contribution in [0.4, 0.5) is 0 Å². The van der Waals surface area contributed by atoms with Gasteiger partial charge in [-0.2, -0.15) is 11.8 Å². The fraction of sp³-hybridized carbons (Fsp3) is 0.588. The zero-order valence-corrected chi connectivity index (χ0v) is 13.7. The Kier molecular flexibility index (Phi) is 4.55. The first-order valence-corrected chi connectivity index (χ1v) is 9.13. The standard InChI is InChI=1S/C17H24N2OS/c1-13(20)19-11-15-10-18(8-9-21-2)12-16(15)17(19)14-6-4-3-5-7-14/h3-7,15-17H,8-12H2,1-2H3/t15-,16-,17+/m1/s1. The van der Waals surface area contributed by atoms with Gasteiger partial charge in [0.2, 0.25) is 5.91 Å². The second kappa shape index (κ2) is 6.41. The van der Waals surface area contributed by atoms with Crippen molar-refractivity contribution in [1.82, 2.24) is 9.80 Å². The summed E-state index contributed by atoms with van der Waals surface area (Å²) in [5, 5.41) is 0. The highest BCUT2D eigenvalue weighted by atomic mass is 32.2. The molecule has 3 atom stereocenters. The summed E-state index contributed by atoms with van der Waals surface area (Å²) in [5.41, 5.74) is 1.30. The van der Waals surface area contributed by atoms with Crippen molar-refractivity contribution in [3.63, 3.8) is 0 Å². The molecule has 1 aromatic carbocycles. The normalized spacial score (nSPS) is 28.9. The van der Waals surface area contributed by atoms with Gasteiger partial charge >= 0.3 is 0 Å². The number of thioether (sulfide) groups is 1. The molecule has 0 unspecified atom stereocenters. The van der Waals surface area contributed by atoms with Crippen LogP contribution >= 0.6 is 11.8 Å². The number of hydrogen-bond donors (Lipinski definition) is 0. The summed E-state index contributed by atoms with van der Waals surface area (Å²) in [5.74, 6) is 2.65. The van der Waals surface area contributed by atoms with E-state index in [0.29, 0.717) is 11.8 Å². The van der Waals surface area contributed by atoms with Gasteiger partial charge in [-0.3, -0.25) is 4.79 Å². The molecule has 3 rings (SSSR count). The molecule has 2 heterocycles. The molecule has 0 radical (unpaired) electrons. The summed E-state index contributed by atoms with van der Waals surface area (Å²) < 4.78 is 0. The van der Waals surface area contributed by atoms with Crippen LogP contribution in [0.5, 0.6) is 0 Å². The van der Waals surface area contributed by atoms with Gasteiger partial charge in [-0.25, -0.2) is 0 Å². The largest absolute Gasteiger partial charge is 0.335 e. The molecule has 0 saturated carbocycles. The monoisotopic (exact) mass is 304 g/mol. The van der Waals surface area contributed by atoms with Crippen molar-refractivity contribution in [2.24, 2.45) is 11.8 Å². The molecule has 2 fully saturated rings. The van der Waals surface area contributed by atoms with Crippen LogP contribution < -0.4 is 0 Å². The zero-order valence-electron chi connectivity index (χ0n) is 12.9. The number of hydrogen-bond acceptors (Lipinski definition) is 3. The van der Waals surface area contributed by atoms with Crippen LogP contribution in [-0.4, -0.2) is 53.9 Å². The SMILES string of the molecule is CSCCN1C[C@@H]2CN(C(C)=O)[C@@H](c3ccccc3)[C@@H]2C1. The van der Waals surface area contributed by atoms with E-state index in [9.17, 15) is 4.79 Å². The van der Waals surface area contributed by atoms with Crippen LogP contribution in [0.1, 0.15) is 18.5 Å². The number of rotatable bonds is 4. The summed E-state index contributed by atoms with van der Waals surface area (Å²) in [6, 6.07) is 10.8. The first kappa shape index (κ1) is 14.9. The van der Waals surface area contributed by atoms with Crippen LogP contribution in [-0.2, 0) is 4.79 Å². The zero-order chi connectivity index (χ0) is 14.8. The maximum absolute atomic E-state index is 12.0. The average Bonchev–Trinajstić information content (AvgIpc) is 3.02. The molecule has 1 aromatic rings. The Balaban J connectivity index is 1.79. The van der Waals surface area contributed by atoms with E-state index in [-0.39, 0.29) is 11.9 Å². The Morgan fingerprint density at radius 1 is 1.24 bits per heavy atom. The number of amides is 1. The van der Waals surface area contributed by atoms with Crippen LogP contribution in [0.25, 0.3) is 0 Å². The number of carbonyl (C=O) groups excluding carboxylic acids is 1. The Labute approximate surface area is 131 Å². The molecular weight excluding hydrogens is 280 g/mol. The Morgan fingerprint density at radius 3 is 2.67 bits per heavy atom. The maximum Gasteiger partial charge on any atom is 0.219 e. The number of carbonyl (C=O) groups is 1. The van der Waals surface area contributed by atoms with Crippen LogP contribution in [0.3, 0.4) is 0 Å². The third kappa shape index (κ3) is 2.97. The highest BCUT2D eigenvalue weighted by molar-refractivity contribution is 7.98. The minimum Gasteiger partial charge on any atom is -0.335 e. The number of fused-ring (bicyclic) bond motifs is 1. The summed E-state index contributed by atoms with van der Waals surface area (Å²) in [6.07, 6.45) is 2.17. The summed E-state index contributed by atoms with van der Waals surface area (Å²) in [6.45, 7) is 6.10. The molecule has 2 aliphatic heterocycles. The lowest BCUT2D eigenvalue weighted by Crippen LogP contribution is -2.34. The van der Waals surface area contributed by atoms with Crippen LogP contribution in [0, 0.1) is 11.8 Å². The third-order valence-corrected chi connectivity index (χ3v) is 5.49. The molecule has 0 bridgehead atoms. The summed E-state index contributed by atoms with van der Waals surface area (Å²) in [4.78, 5) is 16.7. The van der Waals surface area contributed by atoms with Gasteiger partial charge in [0.1, 0.15) is 0 Å². The van der Waals surface area contributed by atoms with Crippen molar-refractivity contribution in [3.05, 3.63) is 35.9 Å². The average molecular weight is 304 g/mol. The van der Waals surface area contributed by atoms with Crippen molar-refractivity contribution in [3.8, 4) is 0 Å². The van der Waals surface area contributed by atoms with E-state index in [2.05, 4.69) is 40.3 Å². The molecule has 2 aliphatic rings. The molecular formula is C17H24N2OS. The molecule has 114 valence electrons. The molecule has 4 heteroatoms. The number of likely N-dealkylation sites (tertiary alicyclic amines) is 2. The van der Waals surface area contributed by atoms with Gasteiger partial charge in [0.15, 0.2) is 0 Å². The van der Waals surface area contributed by atoms with Gasteiger partial charge in [-0.05, 0) is 17.7 Å². The van der Waals surface area contributed by atoms with Gasteiger partial charge in [-0.15, -0.1) is 0 Å². The van der Waals surface area contributed by atoms with Gasteiger partial charge in [0.05, 0.1) is 6.04 Å². The predicted molar refractivity (Wildman–Crippen MR) is 88.4 cm³/mol. The number of benzene rings is 1. The van der Waals surface area contributed by atoms with Gasteiger partial charge in [0.25, 0.3) is 0 Å². The van der Waals surface area contributed by atoms with Crippen molar-refractivity contribution < 1.29 is 4.79 Å². The highest BCUT2D eigenvalue weighted by Crippen LogP contribution is 2.44. The highest BCUT2D eigenvalue weighted by Gasteiger charge is 2.47. The van der Waals surface area contributed by atoms with E-state index >= 15 is 0 Å². The molecule has 21 heavy (non-hydrogen) atoms. The van der Waals surface area contributed by atoms with Gasteiger partial charge in [0, 0.05) is 44.8 Å². The Hall–Kier alpha value is -1.00. The fourth-order valence-corrected chi connectivity index (χ4v) is 4.38.